The van der Waals surface area contributed by atoms with Crippen LogP contribution in [0.25, 0.3) is 0 Å². The Kier molecular flexibility index (Phi) is 4.65. The van der Waals surface area contributed by atoms with Gasteiger partial charge in [0.15, 0.2) is 0 Å². The van der Waals surface area contributed by atoms with Gasteiger partial charge in [-0.25, -0.2) is 4.79 Å². The SMILES string of the molecule is O=C(OCc1ccccc1)c1ccc(C2(C(=O)O)CCCC2)cc1. The molecule has 2 aromatic rings. The molecule has 0 atom stereocenters. The number of carbonyl (C=O) groups excluding carboxylic acids is 1. The van der Waals surface area contributed by atoms with Crippen LogP contribution in [0.15, 0.2) is 54.6 Å². The van der Waals surface area contributed by atoms with Crippen molar-refractivity contribution in [2.45, 2.75) is 37.7 Å². The molecule has 1 saturated carbocycles. The molecule has 3 rings (SSSR count). The highest BCUT2D eigenvalue weighted by atomic mass is 16.5. The van der Waals surface area contributed by atoms with Gasteiger partial charge in [0.25, 0.3) is 0 Å². The van der Waals surface area contributed by atoms with Gasteiger partial charge < -0.3 is 9.84 Å². The van der Waals surface area contributed by atoms with Gasteiger partial charge in [0.05, 0.1) is 11.0 Å². The van der Waals surface area contributed by atoms with Gasteiger partial charge >= 0.3 is 11.9 Å². The van der Waals surface area contributed by atoms with Crippen molar-refractivity contribution in [3.63, 3.8) is 0 Å². The average Bonchev–Trinajstić information content (AvgIpc) is 3.12. The van der Waals surface area contributed by atoms with E-state index >= 15 is 0 Å². The molecular formula is C20H20O4. The molecule has 0 amide bonds. The van der Waals surface area contributed by atoms with E-state index in [0.29, 0.717) is 18.4 Å². The minimum atomic E-state index is -0.799. The number of carbonyl (C=O) groups is 2. The van der Waals surface area contributed by atoms with E-state index in [1.54, 1.807) is 24.3 Å². The number of esters is 1. The highest BCUT2D eigenvalue weighted by molar-refractivity contribution is 5.90. The monoisotopic (exact) mass is 324 g/mol. The zero-order valence-corrected chi connectivity index (χ0v) is 13.4. The molecule has 2 aromatic carbocycles. The number of aliphatic carboxylic acids is 1. The molecule has 0 radical (unpaired) electrons. The minimum Gasteiger partial charge on any atom is -0.481 e. The maximum Gasteiger partial charge on any atom is 0.338 e. The van der Waals surface area contributed by atoms with Gasteiger partial charge in [-0.1, -0.05) is 55.3 Å². The highest BCUT2D eigenvalue weighted by Crippen LogP contribution is 2.41. The molecule has 124 valence electrons. The van der Waals surface area contributed by atoms with Crippen molar-refractivity contribution in [1.82, 2.24) is 0 Å². The van der Waals surface area contributed by atoms with Crippen LogP contribution in [0.3, 0.4) is 0 Å². The van der Waals surface area contributed by atoms with Crippen LogP contribution in [0, 0.1) is 0 Å². The van der Waals surface area contributed by atoms with E-state index in [1.807, 2.05) is 30.3 Å². The molecule has 0 aromatic heterocycles. The fourth-order valence-electron chi connectivity index (χ4n) is 3.34. The first-order chi connectivity index (χ1) is 11.6. The van der Waals surface area contributed by atoms with Gasteiger partial charge in [0, 0.05) is 0 Å². The fourth-order valence-corrected chi connectivity index (χ4v) is 3.34. The van der Waals surface area contributed by atoms with Gasteiger partial charge in [-0.05, 0) is 36.1 Å². The smallest absolute Gasteiger partial charge is 0.338 e. The Balaban J connectivity index is 1.70. The Morgan fingerprint density at radius 3 is 2.17 bits per heavy atom. The number of rotatable bonds is 5. The molecule has 0 bridgehead atoms. The van der Waals surface area contributed by atoms with Crippen LogP contribution < -0.4 is 0 Å². The average molecular weight is 324 g/mol. The van der Waals surface area contributed by atoms with Crippen LogP contribution >= 0.6 is 0 Å². The maximum atomic E-state index is 12.1. The largest absolute Gasteiger partial charge is 0.481 e. The van der Waals surface area contributed by atoms with Crippen molar-refractivity contribution in [2.75, 3.05) is 0 Å². The van der Waals surface area contributed by atoms with Gasteiger partial charge in [-0.15, -0.1) is 0 Å². The van der Waals surface area contributed by atoms with Crippen molar-refractivity contribution < 1.29 is 19.4 Å². The lowest BCUT2D eigenvalue weighted by molar-refractivity contribution is -0.143. The lowest BCUT2D eigenvalue weighted by Crippen LogP contribution is -2.32. The normalized spacial score (nSPS) is 15.8. The summed E-state index contributed by atoms with van der Waals surface area (Å²) in [5.41, 5.74) is 1.34. The van der Waals surface area contributed by atoms with E-state index < -0.39 is 17.4 Å². The maximum absolute atomic E-state index is 12.1. The summed E-state index contributed by atoms with van der Waals surface area (Å²) in [6, 6.07) is 16.3. The molecule has 4 heteroatoms. The van der Waals surface area contributed by atoms with Crippen molar-refractivity contribution >= 4 is 11.9 Å². The zero-order chi connectivity index (χ0) is 17.0. The van der Waals surface area contributed by atoms with Crippen LogP contribution in [0.4, 0.5) is 0 Å². The first-order valence-corrected chi connectivity index (χ1v) is 8.17. The van der Waals surface area contributed by atoms with Crippen molar-refractivity contribution in [2.24, 2.45) is 0 Å². The Hall–Kier alpha value is -2.62. The summed E-state index contributed by atoms with van der Waals surface area (Å²) in [5, 5.41) is 9.61. The summed E-state index contributed by atoms with van der Waals surface area (Å²) < 4.78 is 5.30. The topological polar surface area (TPSA) is 63.6 Å². The lowest BCUT2D eigenvalue weighted by atomic mass is 9.79. The fraction of sp³-hybridized carbons (Fsp3) is 0.300. The molecular weight excluding hydrogens is 304 g/mol. The van der Waals surface area contributed by atoms with Crippen LogP contribution in [-0.2, 0) is 21.6 Å². The summed E-state index contributed by atoms with van der Waals surface area (Å²) in [7, 11) is 0. The van der Waals surface area contributed by atoms with Crippen molar-refractivity contribution in [1.29, 1.82) is 0 Å². The van der Waals surface area contributed by atoms with E-state index in [4.69, 9.17) is 4.74 Å². The molecule has 1 aliphatic carbocycles. The third kappa shape index (κ3) is 3.18. The quantitative estimate of drug-likeness (QED) is 0.846. The third-order valence-corrected chi connectivity index (χ3v) is 4.75. The zero-order valence-electron chi connectivity index (χ0n) is 13.4. The van der Waals surface area contributed by atoms with Gasteiger partial charge in [-0.2, -0.15) is 0 Å². The van der Waals surface area contributed by atoms with Crippen LogP contribution in [0.5, 0.6) is 0 Å². The Labute approximate surface area is 141 Å². The molecule has 24 heavy (non-hydrogen) atoms. The Morgan fingerprint density at radius 1 is 0.958 bits per heavy atom. The number of carboxylic acid groups (broad SMARTS) is 1. The standard InChI is InChI=1S/C20H20O4/c21-18(24-14-15-6-2-1-3-7-15)16-8-10-17(11-9-16)20(19(22)23)12-4-5-13-20/h1-3,6-11H,4-5,12-14H2,(H,22,23). The lowest BCUT2D eigenvalue weighted by Gasteiger charge is -2.24. The van der Waals surface area contributed by atoms with E-state index in [2.05, 4.69) is 0 Å². The van der Waals surface area contributed by atoms with E-state index in [0.717, 1.165) is 24.0 Å². The predicted molar refractivity (Wildman–Crippen MR) is 89.8 cm³/mol. The summed E-state index contributed by atoms with van der Waals surface area (Å²) in [5.74, 6) is -1.18. The van der Waals surface area contributed by atoms with Gasteiger partial charge in [0.1, 0.15) is 6.61 Å². The van der Waals surface area contributed by atoms with E-state index in [1.165, 1.54) is 0 Å². The number of ether oxygens (including phenoxy) is 1. The van der Waals surface area contributed by atoms with Gasteiger partial charge in [0.2, 0.25) is 0 Å². The van der Waals surface area contributed by atoms with Crippen LogP contribution in [0.2, 0.25) is 0 Å². The highest BCUT2D eigenvalue weighted by Gasteiger charge is 2.42. The van der Waals surface area contributed by atoms with Crippen LogP contribution in [0.1, 0.15) is 47.2 Å². The molecule has 4 nitrogen and oxygen atoms in total. The second-order valence-corrected chi connectivity index (χ2v) is 6.23. The summed E-state index contributed by atoms with van der Waals surface area (Å²) in [6.45, 7) is 0.223. The van der Waals surface area contributed by atoms with Gasteiger partial charge in [-0.3, -0.25) is 4.79 Å². The van der Waals surface area contributed by atoms with E-state index in [9.17, 15) is 14.7 Å². The molecule has 1 fully saturated rings. The van der Waals surface area contributed by atoms with E-state index in [-0.39, 0.29) is 6.61 Å². The number of hydrogen-bond acceptors (Lipinski definition) is 3. The number of hydrogen-bond donors (Lipinski definition) is 1. The summed E-state index contributed by atoms with van der Waals surface area (Å²) in [6.07, 6.45) is 3.15. The summed E-state index contributed by atoms with van der Waals surface area (Å²) in [4.78, 5) is 23.8. The van der Waals surface area contributed by atoms with Crippen molar-refractivity contribution in [3.8, 4) is 0 Å². The Bertz CT molecular complexity index is 713. The third-order valence-electron chi connectivity index (χ3n) is 4.75. The Morgan fingerprint density at radius 2 is 1.58 bits per heavy atom. The van der Waals surface area contributed by atoms with Crippen LogP contribution in [-0.4, -0.2) is 17.0 Å². The molecule has 0 unspecified atom stereocenters. The molecule has 0 aliphatic heterocycles. The molecule has 0 heterocycles. The number of carboxylic acids is 1. The first-order valence-electron chi connectivity index (χ1n) is 8.17. The second kappa shape index (κ2) is 6.87. The summed E-state index contributed by atoms with van der Waals surface area (Å²) >= 11 is 0. The molecule has 0 saturated heterocycles. The molecule has 0 spiro atoms. The first kappa shape index (κ1) is 16.2. The molecule has 1 N–H and O–H groups in total. The number of benzene rings is 2. The second-order valence-electron chi connectivity index (χ2n) is 6.23. The molecule has 1 aliphatic rings. The minimum absolute atomic E-state index is 0.223. The van der Waals surface area contributed by atoms with Crippen molar-refractivity contribution in [3.05, 3.63) is 71.3 Å². The predicted octanol–water partition coefficient (Wildman–Crippen LogP) is 3.94.